The predicted octanol–water partition coefficient (Wildman–Crippen LogP) is 4.42. The van der Waals surface area contributed by atoms with Crippen LogP contribution < -0.4 is 15.2 Å². The van der Waals surface area contributed by atoms with Crippen molar-refractivity contribution in [3.8, 4) is 17.1 Å². The molecule has 0 atom stereocenters. The van der Waals surface area contributed by atoms with E-state index in [-0.39, 0.29) is 48.6 Å². The molecule has 0 amide bonds. The molecule has 1 saturated carbocycles. The second-order valence-corrected chi connectivity index (χ2v) is 13.9. The Morgan fingerprint density at radius 2 is 1.75 bits per heavy atom. The van der Waals surface area contributed by atoms with Crippen LogP contribution in [-0.4, -0.2) is 64.8 Å². The molecule has 2 aromatic heterocycles. The first-order valence-corrected chi connectivity index (χ1v) is 16.2. The van der Waals surface area contributed by atoms with Crippen molar-refractivity contribution >= 4 is 33.0 Å². The van der Waals surface area contributed by atoms with Crippen molar-refractivity contribution in [2.45, 2.75) is 25.5 Å². The van der Waals surface area contributed by atoms with Crippen molar-refractivity contribution in [3.05, 3.63) is 104 Å². The molecule has 12 nitrogen and oxygen atoms in total. The van der Waals surface area contributed by atoms with Crippen LogP contribution in [0.4, 0.5) is 11.4 Å². The maximum atomic E-state index is 13.7. The Balaban J connectivity index is 1.23. The zero-order valence-corrected chi connectivity index (χ0v) is 25.6. The average Bonchev–Trinajstić information content (AvgIpc) is 3.48. The van der Waals surface area contributed by atoms with Gasteiger partial charge in [-0.3, -0.25) is 14.9 Å². The number of piperazine rings is 1. The standard InChI is InChI=1S/C30H31ClN6O6S/c1-30(9-10-30)21-43-28-27(19-32-36(29(28)38)25-6-4-5-23(31)18-25)34-13-15-35(16-14-34)44(41,42)20-22-17-24(33-11-2-3-12-33)7-8-26(22)37(39)40/h2-8,11-12,17-19H,9-10,13-16,20-21H2,1H3. The third-order valence-electron chi connectivity index (χ3n) is 8.11. The van der Waals surface area contributed by atoms with Crippen molar-refractivity contribution in [2.24, 2.45) is 5.41 Å². The van der Waals surface area contributed by atoms with Gasteiger partial charge in [-0.2, -0.15) is 14.1 Å². The maximum Gasteiger partial charge on any atom is 0.316 e. The van der Waals surface area contributed by atoms with Crippen LogP contribution in [0.15, 0.2) is 78.0 Å². The van der Waals surface area contributed by atoms with Gasteiger partial charge in [-0.15, -0.1) is 0 Å². The van der Waals surface area contributed by atoms with Crippen LogP contribution in [-0.2, 0) is 15.8 Å². The van der Waals surface area contributed by atoms with Crippen LogP contribution in [0.5, 0.6) is 5.75 Å². The number of anilines is 1. The van der Waals surface area contributed by atoms with Crippen molar-refractivity contribution in [3.63, 3.8) is 0 Å². The summed E-state index contributed by atoms with van der Waals surface area (Å²) in [5, 5.41) is 16.6. The number of nitrogens with zero attached hydrogens (tertiary/aromatic N) is 6. The second kappa shape index (κ2) is 11.7. The highest BCUT2D eigenvalue weighted by atomic mass is 35.5. The molecule has 44 heavy (non-hydrogen) atoms. The highest BCUT2D eigenvalue weighted by Gasteiger charge is 2.39. The molecule has 0 bridgehead atoms. The van der Waals surface area contributed by atoms with E-state index >= 15 is 0 Å². The van der Waals surface area contributed by atoms with E-state index in [0.717, 1.165) is 12.8 Å². The molecule has 3 heterocycles. The summed E-state index contributed by atoms with van der Waals surface area (Å²) in [6, 6.07) is 14.9. The van der Waals surface area contributed by atoms with Crippen LogP contribution in [0.1, 0.15) is 25.3 Å². The molecule has 2 aliphatic rings. The Morgan fingerprint density at radius 3 is 2.41 bits per heavy atom. The summed E-state index contributed by atoms with van der Waals surface area (Å²) in [4.78, 5) is 26.7. The van der Waals surface area contributed by atoms with Gasteiger partial charge in [-0.05, 0) is 55.3 Å². The minimum atomic E-state index is -3.90. The molecule has 0 N–H and O–H groups in total. The number of hydrogen-bond acceptors (Lipinski definition) is 8. The Hall–Kier alpha value is -4.20. The van der Waals surface area contributed by atoms with Crippen LogP contribution in [0.3, 0.4) is 0 Å². The summed E-state index contributed by atoms with van der Waals surface area (Å²) in [5.74, 6) is -0.357. The molecule has 14 heteroatoms. The first-order chi connectivity index (χ1) is 21.0. The van der Waals surface area contributed by atoms with Crippen LogP contribution in [0, 0.1) is 15.5 Å². The fraction of sp³-hybridized carbons (Fsp3) is 0.333. The second-order valence-electron chi connectivity index (χ2n) is 11.5. The molecular formula is C30H31ClN6O6S. The van der Waals surface area contributed by atoms with E-state index in [4.69, 9.17) is 16.3 Å². The monoisotopic (exact) mass is 638 g/mol. The average molecular weight is 639 g/mol. The Morgan fingerprint density at radius 1 is 1.02 bits per heavy atom. The molecule has 2 aromatic carbocycles. The molecule has 1 aliphatic carbocycles. The van der Waals surface area contributed by atoms with Crippen molar-refractivity contribution in [1.82, 2.24) is 18.7 Å². The first kappa shape index (κ1) is 29.9. The van der Waals surface area contributed by atoms with Gasteiger partial charge in [0.1, 0.15) is 5.69 Å². The minimum Gasteiger partial charge on any atom is -0.486 e. The van der Waals surface area contributed by atoms with E-state index in [1.54, 1.807) is 53.5 Å². The Labute approximate surface area is 259 Å². The van der Waals surface area contributed by atoms with E-state index in [0.29, 0.717) is 28.7 Å². The maximum absolute atomic E-state index is 13.7. The van der Waals surface area contributed by atoms with Gasteiger partial charge in [0.15, 0.2) is 0 Å². The van der Waals surface area contributed by atoms with Gasteiger partial charge in [-0.1, -0.05) is 24.6 Å². The highest BCUT2D eigenvalue weighted by molar-refractivity contribution is 7.88. The Kier molecular flexibility index (Phi) is 7.95. The smallest absolute Gasteiger partial charge is 0.316 e. The minimum absolute atomic E-state index is 0.0158. The summed E-state index contributed by atoms with van der Waals surface area (Å²) >= 11 is 6.15. The van der Waals surface area contributed by atoms with Gasteiger partial charge in [0, 0.05) is 66.3 Å². The number of benzene rings is 2. The fourth-order valence-electron chi connectivity index (χ4n) is 5.21. The molecule has 2 fully saturated rings. The lowest BCUT2D eigenvalue weighted by Gasteiger charge is -2.35. The lowest BCUT2D eigenvalue weighted by molar-refractivity contribution is -0.385. The number of hydrogen-bond donors (Lipinski definition) is 0. The molecule has 0 spiro atoms. The largest absolute Gasteiger partial charge is 0.486 e. The molecule has 1 aliphatic heterocycles. The quantitative estimate of drug-likeness (QED) is 0.184. The Bertz CT molecular complexity index is 1870. The zero-order valence-electron chi connectivity index (χ0n) is 24.0. The van der Waals surface area contributed by atoms with E-state index in [1.165, 1.54) is 21.1 Å². The van der Waals surface area contributed by atoms with Crippen molar-refractivity contribution in [2.75, 3.05) is 37.7 Å². The van der Waals surface area contributed by atoms with E-state index < -0.39 is 26.3 Å². The summed E-state index contributed by atoms with van der Waals surface area (Å²) in [5.41, 5.74) is 1.07. The number of sulfonamides is 1. The van der Waals surface area contributed by atoms with E-state index in [2.05, 4.69) is 12.0 Å². The normalized spacial score (nSPS) is 16.5. The number of aromatic nitrogens is 3. The first-order valence-electron chi connectivity index (χ1n) is 14.2. The van der Waals surface area contributed by atoms with Crippen molar-refractivity contribution < 1.29 is 18.1 Å². The van der Waals surface area contributed by atoms with Gasteiger partial charge >= 0.3 is 5.56 Å². The molecule has 6 rings (SSSR count). The third-order valence-corrected chi connectivity index (χ3v) is 10.2. The van der Waals surface area contributed by atoms with Crippen molar-refractivity contribution in [1.29, 1.82) is 0 Å². The topological polar surface area (TPSA) is 133 Å². The summed E-state index contributed by atoms with van der Waals surface area (Å²) in [6.45, 7) is 3.29. The SMILES string of the molecule is CC1(COc2c(N3CCN(S(=O)(=O)Cc4cc(-n5cccc5)ccc4[N+](=O)[O-])CC3)cnn(-c3cccc(Cl)c3)c2=O)CC1. The summed E-state index contributed by atoms with van der Waals surface area (Å²) < 4.78 is 37.5. The van der Waals surface area contributed by atoms with Gasteiger partial charge in [0.05, 0.1) is 29.2 Å². The lowest BCUT2D eigenvalue weighted by atomic mass is 10.2. The van der Waals surface area contributed by atoms with Gasteiger partial charge in [-0.25, -0.2) is 8.42 Å². The molecule has 0 unspecified atom stereocenters. The summed E-state index contributed by atoms with van der Waals surface area (Å²) in [7, 11) is -3.90. The number of rotatable bonds is 10. The zero-order chi connectivity index (χ0) is 31.1. The van der Waals surface area contributed by atoms with Gasteiger partial charge < -0.3 is 14.2 Å². The van der Waals surface area contributed by atoms with E-state index in [9.17, 15) is 23.3 Å². The summed E-state index contributed by atoms with van der Waals surface area (Å²) in [6.07, 6.45) is 7.15. The highest BCUT2D eigenvalue weighted by Crippen LogP contribution is 2.45. The lowest BCUT2D eigenvalue weighted by Crippen LogP contribution is -2.49. The van der Waals surface area contributed by atoms with Gasteiger partial charge in [0.2, 0.25) is 15.8 Å². The molecule has 4 aromatic rings. The third kappa shape index (κ3) is 6.21. The van der Waals surface area contributed by atoms with Gasteiger partial charge in [0.25, 0.3) is 5.69 Å². The van der Waals surface area contributed by atoms with Crippen LogP contribution >= 0.6 is 11.6 Å². The fourth-order valence-corrected chi connectivity index (χ4v) is 6.92. The predicted molar refractivity (Wildman–Crippen MR) is 167 cm³/mol. The molecular weight excluding hydrogens is 608 g/mol. The number of ether oxygens (including phenoxy) is 1. The molecule has 1 saturated heterocycles. The number of nitro benzene ring substituents is 1. The van der Waals surface area contributed by atoms with Crippen LogP contribution in [0.25, 0.3) is 11.4 Å². The molecule has 230 valence electrons. The van der Waals surface area contributed by atoms with E-state index in [1.807, 2.05) is 17.0 Å². The number of halogens is 1. The number of nitro groups is 1. The van der Waals surface area contributed by atoms with Crippen LogP contribution in [0.2, 0.25) is 5.02 Å². The molecule has 0 radical (unpaired) electrons.